The molecule has 140 valence electrons. The smallest absolute Gasteiger partial charge is 0.253 e. The van der Waals surface area contributed by atoms with Gasteiger partial charge in [-0.2, -0.15) is 0 Å². The molecular weight excluding hydrogens is 439 g/mol. The van der Waals surface area contributed by atoms with Crippen LogP contribution in [0.5, 0.6) is 0 Å². The molecular formula is C20H27IN4O. The number of carbonyl (C=O) groups excluding carboxylic acids is 1. The van der Waals surface area contributed by atoms with E-state index in [-0.39, 0.29) is 29.9 Å². The minimum absolute atomic E-state index is 0. The van der Waals surface area contributed by atoms with Crippen LogP contribution in [0.1, 0.15) is 35.3 Å². The van der Waals surface area contributed by atoms with Crippen molar-refractivity contribution in [3.05, 3.63) is 65.2 Å². The van der Waals surface area contributed by atoms with Gasteiger partial charge in [0.1, 0.15) is 0 Å². The highest BCUT2D eigenvalue weighted by molar-refractivity contribution is 14.0. The number of nitrogens with one attached hydrogen (secondary N) is 1. The van der Waals surface area contributed by atoms with Crippen molar-refractivity contribution in [3.63, 3.8) is 0 Å². The number of benzene rings is 2. The van der Waals surface area contributed by atoms with Crippen LogP contribution in [0.25, 0.3) is 0 Å². The number of nitrogens with zero attached hydrogens (tertiary/aromatic N) is 2. The van der Waals surface area contributed by atoms with Crippen LogP contribution in [-0.2, 0) is 6.54 Å². The van der Waals surface area contributed by atoms with E-state index < -0.39 is 0 Å². The third kappa shape index (κ3) is 6.33. The van der Waals surface area contributed by atoms with E-state index in [4.69, 9.17) is 5.73 Å². The molecule has 0 saturated carbocycles. The van der Waals surface area contributed by atoms with E-state index >= 15 is 0 Å². The van der Waals surface area contributed by atoms with E-state index in [2.05, 4.69) is 10.3 Å². The number of carbonyl (C=O) groups is 1. The molecule has 0 heterocycles. The maximum atomic E-state index is 12.3. The molecule has 0 saturated heterocycles. The quantitative estimate of drug-likeness (QED) is 0.384. The molecule has 6 heteroatoms. The first-order chi connectivity index (χ1) is 12.0. The lowest BCUT2D eigenvalue weighted by Crippen LogP contribution is -2.30. The second kappa shape index (κ2) is 10.8. The number of aliphatic imine (C=N–C) groups is 1. The molecule has 26 heavy (non-hydrogen) atoms. The van der Waals surface area contributed by atoms with Gasteiger partial charge in [-0.3, -0.25) is 4.79 Å². The Bertz CT molecular complexity index is 722. The molecule has 0 aliphatic rings. The molecule has 0 atom stereocenters. The molecule has 2 aromatic carbocycles. The number of hydrogen-bond donors (Lipinski definition) is 2. The van der Waals surface area contributed by atoms with E-state index in [1.807, 2.05) is 69.3 Å². The maximum absolute atomic E-state index is 12.3. The van der Waals surface area contributed by atoms with Crippen molar-refractivity contribution in [2.24, 2.45) is 10.7 Å². The Morgan fingerprint density at radius 3 is 2.15 bits per heavy atom. The van der Waals surface area contributed by atoms with Gasteiger partial charge in [0.25, 0.3) is 5.91 Å². The average Bonchev–Trinajstić information content (AvgIpc) is 2.63. The Morgan fingerprint density at radius 2 is 1.62 bits per heavy atom. The summed E-state index contributed by atoms with van der Waals surface area (Å²) in [6, 6.07) is 15.5. The highest BCUT2D eigenvalue weighted by Crippen LogP contribution is 2.10. The number of guanidine groups is 1. The standard InChI is InChI=1S/C20H26N4O.HI/c1-4-24(5-2)19(25)17-10-8-16(9-11-17)14-22-20(21)23-18-12-6-15(3)7-13-18;/h6-13H,4-5,14H2,1-3H3,(H3,21,22,23);1H. The summed E-state index contributed by atoms with van der Waals surface area (Å²) in [6.07, 6.45) is 0. The van der Waals surface area contributed by atoms with Crippen LogP contribution in [0.15, 0.2) is 53.5 Å². The molecule has 3 N–H and O–H groups in total. The van der Waals surface area contributed by atoms with E-state index in [1.54, 1.807) is 4.90 Å². The molecule has 0 spiro atoms. The Kier molecular flexibility index (Phi) is 9.12. The van der Waals surface area contributed by atoms with Crippen LogP contribution >= 0.6 is 24.0 Å². The number of rotatable bonds is 6. The van der Waals surface area contributed by atoms with Gasteiger partial charge in [0.2, 0.25) is 0 Å². The molecule has 0 aliphatic carbocycles. The van der Waals surface area contributed by atoms with Gasteiger partial charge in [0.05, 0.1) is 6.54 Å². The zero-order valence-electron chi connectivity index (χ0n) is 15.5. The zero-order valence-corrected chi connectivity index (χ0v) is 17.9. The number of nitrogens with two attached hydrogens (primary N) is 1. The third-order valence-corrected chi connectivity index (χ3v) is 4.01. The fourth-order valence-corrected chi connectivity index (χ4v) is 2.45. The summed E-state index contributed by atoms with van der Waals surface area (Å²) in [6.45, 7) is 7.88. The summed E-state index contributed by atoms with van der Waals surface area (Å²) in [5, 5.41) is 3.07. The topological polar surface area (TPSA) is 70.7 Å². The minimum atomic E-state index is 0. The van der Waals surface area contributed by atoms with E-state index in [0.717, 1.165) is 11.3 Å². The van der Waals surface area contributed by atoms with Gasteiger partial charge >= 0.3 is 0 Å². The van der Waals surface area contributed by atoms with Crippen molar-refractivity contribution < 1.29 is 4.79 Å². The SMILES string of the molecule is CCN(CC)C(=O)c1ccc(CN=C(N)Nc2ccc(C)cc2)cc1.I. The Labute approximate surface area is 172 Å². The molecule has 2 aromatic rings. The monoisotopic (exact) mass is 466 g/mol. The Balaban J connectivity index is 0.00000338. The van der Waals surface area contributed by atoms with Crippen LogP contribution in [0.3, 0.4) is 0 Å². The minimum Gasteiger partial charge on any atom is -0.370 e. The number of hydrogen-bond acceptors (Lipinski definition) is 2. The molecule has 0 aromatic heterocycles. The first kappa shape index (κ1) is 22.0. The number of amides is 1. The fourth-order valence-electron chi connectivity index (χ4n) is 2.45. The van der Waals surface area contributed by atoms with Crippen molar-refractivity contribution in [2.75, 3.05) is 18.4 Å². The summed E-state index contributed by atoms with van der Waals surface area (Å²) in [5.41, 5.74) is 9.73. The number of halogens is 1. The number of aryl methyl sites for hydroxylation is 1. The molecule has 2 rings (SSSR count). The van der Waals surface area contributed by atoms with Crippen LogP contribution in [-0.4, -0.2) is 29.9 Å². The predicted octanol–water partition coefficient (Wildman–Crippen LogP) is 4.02. The molecule has 0 bridgehead atoms. The third-order valence-electron chi connectivity index (χ3n) is 4.01. The predicted molar refractivity (Wildman–Crippen MR) is 119 cm³/mol. The molecule has 0 fully saturated rings. The number of anilines is 1. The summed E-state index contributed by atoms with van der Waals surface area (Å²) < 4.78 is 0. The summed E-state index contributed by atoms with van der Waals surface area (Å²) in [7, 11) is 0. The van der Waals surface area contributed by atoms with Crippen LogP contribution in [0.2, 0.25) is 0 Å². The lowest BCUT2D eigenvalue weighted by Gasteiger charge is -2.18. The van der Waals surface area contributed by atoms with Crippen molar-refractivity contribution in [1.29, 1.82) is 0 Å². The van der Waals surface area contributed by atoms with Gasteiger partial charge in [0.15, 0.2) is 5.96 Å². The van der Waals surface area contributed by atoms with Crippen molar-refractivity contribution in [2.45, 2.75) is 27.3 Å². The Morgan fingerprint density at radius 1 is 1.04 bits per heavy atom. The highest BCUT2D eigenvalue weighted by atomic mass is 127. The normalized spacial score (nSPS) is 10.8. The van der Waals surface area contributed by atoms with Gasteiger partial charge in [-0.1, -0.05) is 29.8 Å². The van der Waals surface area contributed by atoms with Crippen LogP contribution in [0, 0.1) is 6.92 Å². The molecule has 0 unspecified atom stereocenters. The second-order valence-electron chi connectivity index (χ2n) is 5.87. The lowest BCUT2D eigenvalue weighted by atomic mass is 10.1. The van der Waals surface area contributed by atoms with Gasteiger partial charge in [-0.05, 0) is 50.6 Å². The van der Waals surface area contributed by atoms with Gasteiger partial charge < -0.3 is 16.0 Å². The molecule has 0 aliphatic heterocycles. The summed E-state index contributed by atoms with van der Waals surface area (Å²) >= 11 is 0. The summed E-state index contributed by atoms with van der Waals surface area (Å²) in [4.78, 5) is 18.4. The largest absolute Gasteiger partial charge is 0.370 e. The zero-order chi connectivity index (χ0) is 18.2. The molecule has 5 nitrogen and oxygen atoms in total. The van der Waals surface area contributed by atoms with E-state index in [0.29, 0.717) is 31.2 Å². The lowest BCUT2D eigenvalue weighted by molar-refractivity contribution is 0.0773. The van der Waals surface area contributed by atoms with E-state index in [9.17, 15) is 4.79 Å². The van der Waals surface area contributed by atoms with E-state index in [1.165, 1.54) is 5.56 Å². The van der Waals surface area contributed by atoms with Crippen LogP contribution in [0.4, 0.5) is 5.69 Å². The van der Waals surface area contributed by atoms with Crippen molar-refractivity contribution >= 4 is 41.5 Å². The van der Waals surface area contributed by atoms with Gasteiger partial charge in [0, 0.05) is 24.3 Å². The second-order valence-corrected chi connectivity index (χ2v) is 5.87. The first-order valence-electron chi connectivity index (χ1n) is 8.55. The fraction of sp³-hybridized carbons (Fsp3) is 0.300. The van der Waals surface area contributed by atoms with Crippen LogP contribution < -0.4 is 11.1 Å². The Hall–Kier alpha value is -2.09. The average molecular weight is 466 g/mol. The maximum Gasteiger partial charge on any atom is 0.253 e. The highest BCUT2D eigenvalue weighted by Gasteiger charge is 2.11. The first-order valence-corrected chi connectivity index (χ1v) is 8.55. The van der Waals surface area contributed by atoms with Gasteiger partial charge in [-0.25, -0.2) is 4.99 Å². The van der Waals surface area contributed by atoms with Gasteiger partial charge in [-0.15, -0.1) is 24.0 Å². The molecule has 1 amide bonds. The molecule has 0 radical (unpaired) electrons. The summed E-state index contributed by atoms with van der Waals surface area (Å²) in [5.74, 6) is 0.424. The van der Waals surface area contributed by atoms with Crippen molar-refractivity contribution in [3.8, 4) is 0 Å². The van der Waals surface area contributed by atoms with Crippen molar-refractivity contribution in [1.82, 2.24) is 4.90 Å².